The highest BCUT2D eigenvalue weighted by Gasteiger charge is 2.48. The number of halogens is 1. The van der Waals surface area contributed by atoms with Crippen molar-refractivity contribution in [3.63, 3.8) is 0 Å². The smallest absolute Gasteiger partial charge is 0.166 e. The highest BCUT2D eigenvalue weighted by Crippen LogP contribution is 2.52. The van der Waals surface area contributed by atoms with Gasteiger partial charge < -0.3 is 42.9 Å². The van der Waals surface area contributed by atoms with Crippen LogP contribution in [0.2, 0.25) is 0 Å². The van der Waals surface area contributed by atoms with Crippen LogP contribution in [-0.2, 0) is 12.8 Å². The van der Waals surface area contributed by atoms with Crippen LogP contribution in [0.3, 0.4) is 0 Å². The molecule has 0 N–H and O–H groups in total. The Morgan fingerprint density at radius 1 is 0.778 bits per heavy atom. The molecule has 0 saturated carbocycles. The van der Waals surface area contributed by atoms with Crippen LogP contribution >= 0.6 is 0 Å². The number of nitrogens with zero attached hydrogens (tertiary/aromatic N) is 1. The molecule has 0 amide bonds. The van der Waals surface area contributed by atoms with Gasteiger partial charge in [-0.25, -0.2) is 0 Å². The van der Waals surface area contributed by atoms with Gasteiger partial charge in [0.1, 0.15) is 11.7 Å². The number of hydrogen-bond donors (Lipinski definition) is 0. The summed E-state index contributed by atoms with van der Waals surface area (Å²) in [6.45, 7) is 1.05. The molecule has 2 heterocycles. The number of ether oxygens (including phenoxy) is 4. The zero-order chi connectivity index (χ0) is 18.5. The van der Waals surface area contributed by atoms with Crippen LogP contribution in [0.4, 0.5) is 5.69 Å². The van der Waals surface area contributed by atoms with Crippen LogP contribution in [0.5, 0.6) is 23.0 Å². The lowest BCUT2D eigenvalue weighted by Gasteiger charge is -2.41. The first-order chi connectivity index (χ1) is 12.5. The van der Waals surface area contributed by atoms with Crippen LogP contribution < -0.4 is 47.4 Å². The largest absolute Gasteiger partial charge is 1.00 e. The number of quaternary nitrogens is 1. The fraction of sp³-hybridized carbons (Fsp3) is 0.429. The van der Waals surface area contributed by atoms with Crippen molar-refractivity contribution in [1.29, 1.82) is 0 Å². The Labute approximate surface area is 177 Å². The Morgan fingerprint density at radius 3 is 1.89 bits per heavy atom. The minimum Gasteiger partial charge on any atom is -1.00 e. The Kier molecular flexibility index (Phi) is 5.49. The van der Waals surface area contributed by atoms with E-state index in [1.165, 1.54) is 22.4 Å². The molecular formula is C21H26INO4. The number of hydrogen-bond acceptors (Lipinski definition) is 4. The topological polar surface area (TPSA) is 36.9 Å². The Hall–Kier alpha value is -1.67. The van der Waals surface area contributed by atoms with Crippen molar-refractivity contribution >= 4 is 5.69 Å². The van der Waals surface area contributed by atoms with Gasteiger partial charge in [-0.1, -0.05) is 0 Å². The van der Waals surface area contributed by atoms with E-state index in [1.54, 1.807) is 28.4 Å². The molecule has 0 fully saturated rings. The van der Waals surface area contributed by atoms with Crippen LogP contribution in [0, 0.1) is 0 Å². The van der Waals surface area contributed by atoms with Gasteiger partial charge in [-0.15, -0.1) is 0 Å². The second-order valence-electron chi connectivity index (χ2n) is 7.20. The van der Waals surface area contributed by atoms with Gasteiger partial charge in [0.25, 0.3) is 0 Å². The third-order valence-corrected chi connectivity index (χ3v) is 6.09. The Bertz CT molecular complexity index is 870. The molecule has 6 heteroatoms. The Morgan fingerprint density at radius 2 is 1.30 bits per heavy atom. The van der Waals surface area contributed by atoms with Crippen molar-refractivity contribution in [2.75, 3.05) is 42.0 Å². The molecule has 0 saturated heterocycles. The molecule has 0 radical (unpaired) electrons. The normalized spacial score (nSPS) is 22.0. The van der Waals surface area contributed by atoms with Crippen LogP contribution in [0.15, 0.2) is 24.3 Å². The van der Waals surface area contributed by atoms with Crippen molar-refractivity contribution in [2.45, 2.75) is 18.9 Å². The summed E-state index contributed by atoms with van der Waals surface area (Å²) in [5, 5.41) is 0. The van der Waals surface area contributed by atoms with Crippen molar-refractivity contribution in [3.8, 4) is 23.0 Å². The molecular weight excluding hydrogens is 457 g/mol. The summed E-state index contributed by atoms with van der Waals surface area (Å²) in [7, 11) is 9.09. The number of rotatable bonds is 4. The maximum absolute atomic E-state index is 5.56. The van der Waals surface area contributed by atoms with Gasteiger partial charge in [-0.05, 0) is 23.8 Å². The molecule has 5 nitrogen and oxygen atoms in total. The van der Waals surface area contributed by atoms with E-state index in [0.29, 0.717) is 6.04 Å². The summed E-state index contributed by atoms with van der Waals surface area (Å²) in [4.78, 5) is 0. The molecule has 0 spiro atoms. The zero-order valence-electron chi connectivity index (χ0n) is 16.5. The average molecular weight is 483 g/mol. The third-order valence-electron chi connectivity index (χ3n) is 6.09. The molecule has 0 aromatic heterocycles. The molecule has 2 aliphatic heterocycles. The molecule has 2 aliphatic rings. The first-order valence-electron chi connectivity index (χ1n) is 8.91. The van der Waals surface area contributed by atoms with Gasteiger partial charge in [-0.3, -0.25) is 4.48 Å². The van der Waals surface area contributed by atoms with Gasteiger partial charge >= 0.3 is 0 Å². The molecule has 27 heavy (non-hydrogen) atoms. The maximum Gasteiger partial charge on any atom is 0.166 e. The minimum atomic E-state index is 0. The first kappa shape index (κ1) is 20.1. The lowest BCUT2D eigenvalue weighted by atomic mass is 9.90. The zero-order valence-corrected chi connectivity index (χ0v) is 18.6. The molecule has 2 aromatic carbocycles. The molecule has 2 atom stereocenters. The summed E-state index contributed by atoms with van der Waals surface area (Å²) in [6.07, 6.45) is 1.99. The standard InChI is InChI=1S/C21H26NO4.HI/c1-22-7-6-13-9-18(23-2)20(25-4)11-15(13)17(22)8-14-10-19(24-3)21(26-5)12-16(14)22;/h9-12,17H,6-8H2,1-5H3;1H/q+1;/p-1. The van der Waals surface area contributed by atoms with Crippen molar-refractivity contribution in [3.05, 3.63) is 41.0 Å². The maximum atomic E-state index is 5.56. The van der Waals surface area contributed by atoms with E-state index in [0.717, 1.165) is 46.9 Å². The van der Waals surface area contributed by atoms with Crippen LogP contribution in [0.25, 0.3) is 0 Å². The van der Waals surface area contributed by atoms with Gasteiger partial charge in [0.2, 0.25) is 0 Å². The van der Waals surface area contributed by atoms with Crippen molar-refractivity contribution in [1.82, 2.24) is 4.48 Å². The monoisotopic (exact) mass is 483 g/mol. The van der Waals surface area contributed by atoms with E-state index in [-0.39, 0.29) is 24.0 Å². The summed E-state index contributed by atoms with van der Waals surface area (Å²) >= 11 is 0. The van der Waals surface area contributed by atoms with E-state index in [9.17, 15) is 0 Å². The van der Waals surface area contributed by atoms with E-state index < -0.39 is 0 Å². The molecule has 146 valence electrons. The third kappa shape index (κ3) is 2.93. The summed E-state index contributed by atoms with van der Waals surface area (Å²) in [6, 6.07) is 8.96. The number of likely N-dealkylation sites (N-methyl/N-ethyl adjacent to an activating group) is 1. The number of fused-ring (bicyclic) bond motifs is 5. The lowest BCUT2D eigenvalue weighted by Crippen LogP contribution is -3.00. The van der Waals surface area contributed by atoms with E-state index in [1.807, 2.05) is 0 Å². The van der Waals surface area contributed by atoms with Crippen molar-refractivity contribution in [2.24, 2.45) is 0 Å². The molecule has 0 bridgehead atoms. The van der Waals surface area contributed by atoms with Gasteiger partial charge in [-0.2, -0.15) is 0 Å². The summed E-state index contributed by atoms with van der Waals surface area (Å²) in [5.74, 6) is 3.20. The van der Waals surface area contributed by atoms with Gasteiger partial charge in [0, 0.05) is 30.0 Å². The molecule has 2 aromatic rings. The van der Waals surface area contributed by atoms with Gasteiger partial charge in [0.05, 0.1) is 42.0 Å². The quantitative estimate of drug-likeness (QED) is 0.470. The minimum absolute atomic E-state index is 0. The number of benzene rings is 2. The summed E-state index contributed by atoms with van der Waals surface area (Å²) in [5.41, 5.74) is 5.37. The molecule has 2 unspecified atom stereocenters. The van der Waals surface area contributed by atoms with Gasteiger partial charge in [0.15, 0.2) is 23.0 Å². The molecule has 0 aliphatic carbocycles. The second-order valence-corrected chi connectivity index (χ2v) is 7.20. The summed E-state index contributed by atoms with van der Waals surface area (Å²) < 4.78 is 23.0. The number of methoxy groups -OCH3 is 4. The first-order valence-corrected chi connectivity index (χ1v) is 8.91. The fourth-order valence-electron chi connectivity index (χ4n) is 4.64. The van der Waals surface area contributed by atoms with E-state index >= 15 is 0 Å². The average Bonchev–Trinajstić information content (AvgIpc) is 2.97. The second kappa shape index (κ2) is 7.39. The predicted molar refractivity (Wildman–Crippen MR) is 102 cm³/mol. The Balaban J connectivity index is 0.00000210. The van der Waals surface area contributed by atoms with Crippen LogP contribution in [-0.4, -0.2) is 42.0 Å². The van der Waals surface area contributed by atoms with E-state index in [2.05, 4.69) is 31.3 Å². The SMILES string of the molecule is COc1cc2c(cc1OC)C1Cc3cc(OC)c(OC)cc3[N+]1(C)CC2.[I-]. The predicted octanol–water partition coefficient (Wildman–Crippen LogP) is 0.516. The van der Waals surface area contributed by atoms with Crippen LogP contribution in [0.1, 0.15) is 22.7 Å². The van der Waals surface area contributed by atoms with E-state index in [4.69, 9.17) is 18.9 Å². The lowest BCUT2D eigenvalue weighted by molar-refractivity contribution is -0.00000638. The van der Waals surface area contributed by atoms with Crippen molar-refractivity contribution < 1.29 is 42.9 Å². The highest BCUT2D eigenvalue weighted by molar-refractivity contribution is 5.66. The highest BCUT2D eigenvalue weighted by atomic mass is 127. The fourth-order valence-corrected chi connectivity index (χ4v) is 4.64. The molecule has 4 rings (SSSR count).